The van der Waals surface area contributed by atoms with Crippen molar-refractivity contribution >= 4 is 11.6 Å². The highest BCUT2D eigenvalue weighted by Gasteiger charge is 2.20. The van der Waals surface area contributed by atoms with Crippen molar-refractivity contribution in [1.82, 2.24) is 10.2 Å². The molecule has 0 aliphatic carbocycles. The Morgan fingerprint density at radius 1 is 0.853 bits per heavy atom. The van der Waals surface area contributed by atoms with Crippen molar-refractivity contribution in [3.8, 4) is 11.5 Å². The molecule has 6 nitrogen and oxygen atoms in total. The van der Waals surface area contributed by atoms with Crippen LogP contribution in [0.4, 0.5) is 5.69 Å². The molecule has 3 aromatic rings. The number of hydrogen-bond donors (Lipinski definition) is 1. The van der Waals surface area contributed by atoms with E-state index in [1.807, 2.05) is 54.6 Å². The Morgan fingerprint density at radius 3 is 2.32 bits per heavy atom. The molecular weight excluding hydrogens is 426 g/mol. The summed E-state index contributed by atoms with van der Waals surface area (Å²) in [5.41, 5.74) is 4.09. The lowest BCUT2D eigenvalue weighted by Crippen LogP contribution is -2.46. The maximum absolute atomic E-state index is 12.7. The third-order valence-corrected chi connectivity index (χ3v) is 6.27. The number of amides is 1. The molecule has 1 aliphatic rings. The quantitative estimate of drug-likeness (QED) is 0.524. The van der Waals surface area contributed by atoms with E-state index in [1.54, 1.807) is 14.2 Å². The molecule has 34 heavy (non-hydrogen) atoms. The number of nitrogens with one attached hydrogen (secondary N) is 1. The first-order chi connectivity index (χ1) is 16.7. The van der Waals surface area contributed by atoms with Crippen LogP contribution in [-0.2, 0) is 13.0 Å². The molecule has 6 heteroatoms. The van der Waals surface area contributed by atoms with Gasteiger partial charge in [-0.25, -0.2) is 0 Å². The van der Waals surface area contributed by atoms with E-state index in [9.17, 15) is 4.79 Å². The predicted molar refractivity (Wildman–Crippen MR) is 136 cm³/mol. The summed E-state index contributed by atoms with van der Waals surface area (Å²) in [4.78, 5) is 17.5. The molecule has 1 saturated heterocycles. The number of rotatable bonds is 9. The average Bonchev–Trinajstić information content (AvgIpc) is 2.89. The topological polar surface area (TPSA) is 54.0 Å². The van der Waals surface area contributed by atoms with Crippen molar-refractivity contribution in [3.63, 3.8) is 0 Å². The number of ether oxygens (including phenoxy) is 2. The lowest BCUT2D eigenvalue weighted by atomic mass is 10.1. The number of para-hydroxylation sites is 3. The molecule has 0 spiro atoms. The first-order valence-electron chi connectivity index (χ1n) is 11.8. The molecule has 1 fully saturated rings. The van der Waals surface area contributed by atoms with E-state index in [0.717, 1.165) is 67.5 Å². The Hall–Kier alpha value is -3.51. The summed E-state index contributed by atoms with van der Waals surface area (Å²) >= 11 is 0. The third-order valence-electron chi connectivity index (χ3n) is 6.27. The van der Waals surface area contributed by atoms with Gasteiger partial charge in [0.25, 0.3) is 5.91 Å². The Bertz CT molecular complexity index is 1090. The minimum absolute atomic E-state index is 0.0438. The van der Waals surface area contributed by atoms with Crippen molar-refractivity contribution in [2.24, 2.45) is 0 Å². The van der Waals surface area contributed by atoms with Gasteiger partial charge in [0.05, 0.1) is 19.9 Å². The summed E-state index contributed by atoms with van der Waals surface area (Å²) in [6.07, 6.45) is 0.728. The number of hydrogen-bond acceptors (Lipinski definition) is 5. The zero-order valence-corrected chi connectivity index (χ0v) is 20.0. The molecule has 0 aromatic heterocycles. The SMILES string of the molecule is COc1ccccc1CCNC(=O)c1cccc(CN2CCN(c3ccccc3OC)CC2)c1. The van der Waals surface area contributed by atoms with Crippen LogP contribution in [0.25, 0.3) is 0 Å². The molecule has 178 valence electrons. The number of methoxy groups -OCH3 is 2. The first kappa shape index (κ1) is 23.6. The van der Waals surface area contributed by atoms with Gasteiger partial charge >= 0.3 is 0 Å². The van der Waals surface area contributed by atoms with Crippen LogP contribution in [0.3, 0.4) is 0 Å². The lowest BCUT2D eigenvalue weighted by Gasteiger charge is -2.36. The largest absolute Gasteiger partial charge is 0.496 e. The Balaban J connectivity index is 1.28. The Morgan fingerprint density at radius 2 is 1.56 bits per heavy atom. The second-order valence-corrected chi connectivity index (χ2v) is 8.45. The molecule has 1 amide bonds. The molecule has 0 radical (unpaired) electrons. The molecule has 4 rings (SSSR count). The van der Waals surface area contributed by atoms with Gasteiger partial charge < -0.3 is 19.7 Å². The summed E-state index contributed by atoms with van der Waals surface area (Å²) in [6, 6.07) is 24.0. The molecular formula is C28H33N3O3. The number of carbonyl (C=O) groups excluding carboxylic acids is 1. The average molecular weight is 460 g/mol. The molecule has 0 atom stereocenters. The number of piperazine rings is 1. The van der Waals surface area contributed by atoms with Crippen molar-refractivity contribution in [2.45, 2.75) is 13.0 Å². The maximum Gasteiger partial charge on any atom is 0.251 e. The zero-order chi connectivity index (χ0) is 23.8. The van der Waals surface area contributed by atoms with E-state index in [4.69, 9.17) is 9.47 Å². The summed E-state index contributed by atoms with van der Waals surface area (Å²) in [7, 11) is 3.39. The van der Waals surface area contributed by atoms with Crippen LogP contribution in [0.2, 0.25) is 0 Å². The van der Waals surface area contributed by atoms with E-state index < -0.39 is 0 Å². The van der Waals surface area contributed by atoms with Crippen LogP contribution < -0.4 is 19.7 Å². The van der Waals surface area contributed by atoms with E-state index >= 15 is 0 Å². The second-order valence-electron chi connectivity index (χ2n) is 8.45. The van der Waals surface area contributed by atoms with Crippen LogP contribution >= 0.6 is 0 Å². The standard InChI is InChI=1S/C28H33N3O3/c1-33-26-12-5-3-9-23(26)14-15-29-28(32)24-10-7-8-22(20-24)21-30-16-18-31(19-17-30)25-11-4-6-13-27(25)34-2/h3-13,20H,14-19,21H2,1-2H3,(H,29,32). The van der Waals surface area contributed by atoms with Gasteiger partial charge in [0, 0.05) is 44.8 Å². The highest BCUT2D eigenvalue weighted by molar-refractivity contribution is 5.94. The monoisotopic (exact) mass is 459 g/mol. The van der Waals surface area contributed by atoms with Crippen molar-refractivity contribution in [1.29, 1.82) is 0 Å². The fourth-order valence-electron chi connectivity index (χ4n) is 4.43. The summed E-state index contributed by atoms with van der Waals surface area (Å²) < 4.78 is 10.9. The number of nitrogens with zero attached hydrogens (tertiary/aromatic N) is 2. The maximum atomic E-state index is 12.7. The molecule has 1 N–H and O–H groups in total. The van der Waals surface area contributed by atoms with Crippen molar-refractivity contribution < 1.29 is 14.3 Å². The zero-order valence-electron chi connectivity index (χ0n) is 20.0. The highest BCUT2D eigenvalue weighted by atomic mass is 16.5. The van der Waals surface area contributed by atoms with Gasteiger partial charge in [-0.15, -0.1) is 0 Å². The van der Waals surface area contributed by atoms with E-state index in [2.05, 4.69) is 33.3 Å². The summed E-state index contributed by atoms with van der Waals surface area (Å²) in [6.45, 7) is 5.23. The molecule has 0 saturated carbocycles. The van der Waals surface area contributed by atoms with Crippen LogP contribution in [-0.4, -0.2) is 57.8 Å². The second kappa shape index (κ2) is 11.6. The normalized spacial score (nSPS) is 14.0. The molecule has 1 aliphatic heterocycles. The van der Waals surface area contributed by atoms with Gasteiger partial charge in [-0.1, -0.05) is 42.5 Å². The fourth-order valence-corrected chi connectivity index (χ4v) is 4.43. The van der Waals surface area contributed by atoms with E-state index in [1.165, 1.54) is 0 Å². The van der Waals surface area contributed by atoms with Gasteiger partial charge in [0.15, 0.2) is 0 Å². The molecule has 1 heterocycles. The number of anilines is 1. The Labute approximate surface area is 202 Å². The van der Waals surface area contributed by atoms with E-state index in [-0.39, 0.29) is 5.91 Å². The fraction of sp³-hybridized carbons (Fsp3) is 0.321. The van der Waals surface area contributed by atoms with Crippen LogP contribution in [0.15, 0.2) is 72.8 Å². The Kier molecular flexibility index (Phi) is 8.04. The van der Waals surface area contributed by atoms with Crippen molar-refractivity contribution in [3.05, 3.63) is 89.5 Å². The summed E-state index contributed by atoms with van der Waals surface area (Å²) in [5.74, 6) is 1.72. The lowest BCUT2D eigenvalue weighted by molar-refractivity contribution is 0.0954. The minimum Gasteiger partial charge on any atom is -0.496 e. The number of carbonyl (C=O) groups is 1. The third kappa shape index (κ3) is 5.88. The van der Waals surface area contributed by atoms with Crippen LogP contribution in [0.5, 0.6) is 11.5 Å². The van der Waals surface area contributed by atoms with Gasteiger partial charge in [0.1, 0.15) is 11.5 Å². The smallest absolute Gasteiger partial charge is 0.251 e. The van der Waals surface area contributed by atoms with Crippen LogP contribution in [0.1, 0.15) is 21.5 Å². The molecule has 0 unspecified atom stereocenters. The van der Waals surface area contributed by atoms with Gasteiger partial charge in [-0.2, -0.15) is 0 Å². The number of benzene rings is 3. The van der Waals surface area contributed by atoms with Gasteiger partial charge in [-0.05, 0) is 47.9 Å². The van der Waals surface area contributed by atoms with E-state index in [0.29, 0.717) is 12.1 Å². The minimum atomic E-state index is -0.0438. The summed E-state index contributed by atoms with van der Waals surface area (Å²) in [5, 5.41) is 3.04. The highest BCUT2D eigenvalue weighted by Crippen LogP contribution is 2.28. The first-order valence-corrected chi connectivity index (χ1v) is 11.8. The molecule has 0 bridgehead atoms. The molecule has 3 aromatic carbocycles. The van der Waals surface area contributed by atoms with Crippen LogP contribution in [0, 0.1) is 0 Å². The van der Waals surface area contributed by atoms with Gasteiger partial charge in [0.2, 0.25) is 0 Å². The van der Waals surface area contributed by atoms with Crippen molar-refractivity contribution in [2.75, 3.05) is 51.8 Å². The predicted octanol–water partition coefficient (Wildman–Crippen LogP) is 4.00. The van der Waals surface area contributed by atoms with Gasteiger partial charge in [-0.3, -0.25) is 9.69 Å².